The van der Waals surface area contributed by atoms with Crippen LogP contribution in [0.15, 0.2) is 54.6 Å². The lowest BCUT2D eigenvalue weighted by molar-refractivity contribution is -0.141. The number of anilines is 1. The van der Waals surface area contributed by atoms with E-state index in [1.165, 1.54) is 37.3 Å². The van der Waals surface area contributed by atoms with E-state index in [1.54, 1.807) is 0 Å². The Kier molecular flexibility index (Phi) is 8.36. The Morgan fingerprint density at radius 2 is 1.81 bits per heavy atom. The summed E-state index contributed by atoms with van der Waals surface area (Å²) in [4.78, 5) is 16.2. The van der Waals surface area contributed by atoms with Crippen molar-refractivity contribution in [2.75, 3.05) is 11.0 Å². The number of halogens is 5. The summed E-state index contributed by atoms with van der Waals surface area (Å²) in [5, 5.41) is 2.54. The number of ether oxygens (including phenoxy) is 1. The number of carbonyl (C=O) groups excluding carboxylic acids is 1. The lowest BCUT2D eigenvalue weighted by Crippen LogP contribution is -2.28. The first kappa shape index (κ1) is 27.8. The fourth-order valence-corrected chi connectivity index (χ4v) is 3.80. The normalized spacial score (nSPS) is 12.6. The highest BCUT2D eigenvalue weighted by atomic mass is 32.2. The highest BCUT2D eigenvalue weighted by Crippen LogP contribution is 2.31. The molecule has 13 heteroatoms. The molecule has 0 saturated carbocycles. The van der Waals surface area contributed by atoms with Crippen molar-refractivity contribution in [2.45, 2.75) is 32.2 Å². The number of nitrogens with one attached hydrogen (secondary N) is 2. The number of amides is 1. The Labute approximate surface area is 209 Å². The number of benzene rings is 2. The van der Waals surface area contributed by atoms with Crippen molar-refractivity contribution in [2.24, 2.45) is 0 Å². The van der Waals surface area contributed by atoms with Gasteiger partial charge < -0.3 is 10.1 Å². The lowest BCUT2D eigenvalue weighted by Gasteiger charge is -2.16. The number of hydrogen-bond donors (Lipinski definition) is 2. The number of carbonyl (C=O) groups is 1. The van der Waals surface area contributed by atoms with Gasteiger partial charge >= 0.3 is 6.18 Å². The molecule has 1 unspecified atom stereocenters. The van der Waals surface area contributed by atoms with Crippen LogP contribution in [-0.2, 0) is 34.1 Å². The van der Waals surface area contributed by atoms with Crippen LogP contribution < -0.4 is 14.8 Å². The van der Waals surface area contributed by atoms with E-state index in [0.29, 0.717) is 5.56 Å². The molecule has 0 fully saturated rings. The molecule has 0 aliphatic rings. The number of nitrogens with zero attached hydrogens (tertiary/aromatic N) is 1. The Hall–Kier alpha value is -3.74. The maximum Gasteiger partial charge on any atom is 0.433 e. The molecule has 1 aromatic heterocycles. The maximum absolute atomic E-state index is 14.3. The first-order chi connectivity index (χ1) is 17.2. The molecule has 0 saturated heterocycles. The van der Waals surface area contributed by atoms with Crippen LogP contribution in [0.1, 0.15) is 35.2 Å². The van der Waals surface area contributed by atoms with Gasteiger partial charge in [-0.15, -0.1) is 0 Å². The van der Waals surface area contributed by atoms with E-state index in [-0.39, 0.29) is 30.0 Å². The lowest BCUT2D eigenvalue weighted by atomic mass is 9.99. The van der Waals surface area contributed by atoms with Crippen molar-refractivity contribution >= 4 is 21.6 Å². The predicted octanol–water partition coefficient (Wildman–Crippen LogP) is 4.75. The van der Waals surface area contributed by atoms with Crippen LogP contribution in [-0.4, -0.2) is 25.6 Å². The van der Waals surface area contributed by atoms with Gasteiger partial charge in [0.05, 0.1) is 17.9 Å². The summed E-state index contributed by atoms with van der Waals surface area (Å²) in [5.41, 5.74) is -0.761. The van der Waals surface area contributed by atoms with E-state index in [0.717, 1.165) is 30.5 Å². The molecule has 198 valence electrons. The molecule has 7 nitrogen and oxygen atoms in total. The van der Waals surface area contributed by atoms with Crippen molar-refractivity contribution in [3.8, 4) is 5.88 Å². The minimum absolute atomic E-state index is 0.129. The molecule has 37 heavy (non-hydrogen) atoms. The largest absolute Gasteiger partial charge is 0.473 e. The molecule has 0 spiro atoms. The Morgan fingerprint density at radius 3 is 2.43 bits per heavy atom. The SMILES string of the molecule is CC(C(=O)NCc1ccc(C(F)(F)F)nc1OCc1cccc(F)c1)c1ccc(NS(C)(=O)=O)c(F)c1. The number of sulfonamides is 1. The fraction of sp³-hybridized carbons (Fsp3) is 0.250. The molecular formula is C24H22F5N3O4S. The second-order valence-corrected chi connectivity index (χ2v) is 9.88. The first-order valence-corrected chi connectivity index (χ1v) is 12.6. The number of alkyl halides is 3. The van der Waals surface area contributed by atoms with E-state index < -0.39 is 51.2 Å². The van der Waals surface area contributed by atoms with Crippen LogP contribution in [0.2, 0.25) is 0 Å². The average molecular weight is 544 g/mol. The second-order valence-electron chi connectivity index (χ2n) is 8.13. The quantitative estimate of drug-likeness (QED) is 0.380. The molecule has 0 aliphatic carbocycles. The first-order valence-electron chi connectivity index (χ1n) is 10.7. The Balaban J connectivity index is 1.74. The third kappa shape index (κ3) is 7.87. The zero-order chi connectivity index (χ0) is 27.4. The van der Waals surface area contributed by atoms with E-state index in [2.05, 4.69) is 10.3 Å². The molecular weight excluding hydrogens is 521 g/mol. The molecule has 0 bridgehead atoms. The molecule has 0 radical (unpaired) electrons. The van der Waals surface area contributed by atoms with Gasteiger partial charge in [-0.3, -0.25) is 9.52 Å². The number of pyridine rings is 1. The molecule has 2 aromatic carbocycles. The smallest absolute Gasteiger partial charge is 0.433 e. The second kappa shape index (κ2) is 11.1. The van der Waals surface area contributed by atoms with E-state index in [4.69, 9.17) is 4.74 Å². The minimum atomic E-state index is -4.74. The minimum Gasteiger partial charge on any atom is -0.473 e. The van der Waals surface area contributed by atoms with Gasteiger partial charge in [0.2, 0.25) is 21.8 Å². The highest BCUT2D eigenvalue weighted by molar-refractivity contribution is 7.92. The van der Waals surface area contributed by atoms with Crippen LogP contribution in [0.5, 0.6) is 5.88 Å². The summed E-state index contributed by atoms with van der Waals surface area (Å²) >= 11 is 0. The monoisotopic (exact) mass is 543 g/mol. The van der Waals surface area contributed by atoms with Gasteiger partial charge in [0.15, 0.2) is 0 Å². The van der Waals surface area contributed by atoms with E-state index >= 15 is 0 Å². The van der Waals surface area contributed by atoms with Crippen molar-refractivity contribution in [3.05, 3.63) is 88.6 Å². The highest BCUT2D eigenvalue weighted by Gasteiger charge is 2.33. The molecule has 0 aliphatic heterocycles. The molecule has 3 aromatic rings. The summed E-state index contributed by atoms with van der Waals surface area (Å²) in [6, 6.07) is 10.7. The molecule has 1 heterocycles. The molecule has 3 rings (SSSR count). The predicted molar refractivity (Wildman–Crippen MR) is 125 cm³/mol. The number of rotatable bonds is 9. The van der Waals surface area contributed by atoms with Crippen molar-refractivity contribution in [3.63, 3.8) is 0 Å². The molecule has 2 N–H and O–H groups in total. The van der Waals surface area contributed by atoms with Gasteiger partial charge in [0, 0.05) is 12.1 Å². The fourth-order valence-electron chi connectivity index (χ4n) is 3.24. The summed E-state index contributed by atoms with van der Waals surface area (Å²) in [5.74, 6) is -3.30. The summed E-state index contributed by atoms with van der Waals surface area (Å²) in [6.07, 6.45) is -3.88. The van der Waals surface area contributed by atoms with Gasteiger partial charge in [0.1, 0.15) is 23.9 Å². The molecule has 1 amide bonds. The number of aromatic nitrogens is 1. The van der Waals surface area contributed by atoms with Crippen LogP contribution in [0.4, 0.5) is 27.6 Å². The standard InChI is InChI=1S/C24H22F5N3O4S/c1-14(16-6-8-20(19(26)11-16)32-37(2,34)35)22(33)30-12-17-7-9-21(24(27,28)29)31-23(17)36-13-15-4-3-5-18(25)10-15/h3-11,14,32H,12-13H2,1-2H3,(H,30,33). The Morgan fingerprint density at radius 1 is 1.08 bits per heavy atom. The third-order valence-corrected chi connectivity index (χ3v) is 5.72. The van der Waals surface area contributed by atoms with Gasteiger partial charge in [-0.05, 0) is 54.4 Å². The number of hydrogen-bond acceptors (Lipinski definition) is 5. The van der Waals surface area contributed by atoms with Crippen LogP contribution in [0.3, 0.4) is 0 Å². The van der Waals surface area contributed by atoms with Gasteiger partial charge in [-0.2, -0.15) is 13.2 Å². The average Bonchev–Trinajstić information content (AvgIpc) is 2.81. The molecule has 1 atom stereocenters. The van der Waals surface area contributed by atoms with Crippen molar-refractivity contribution in [1.29, 1.82) is 0 Å². The third-order valence-electron chi connectivity index (χ3n) is 5.13. The van der Waals surface area contributed by atoms with E-state index in [1.807, 2.05) is 4.72 Å². The zero-order valence-electron chi connectivity index (χ0n) is 19.6. The van der Waals surface area contributed by atoms with E-state index in [9.17, 15) is 35.2 Å². The topological polar surface area (TPSA) is 97.4 Å². The summed E-state index contributed by atoms with van der Waals surface area (Å²) < 4.78 is 97.3. The van der Waals surface area contributed by atoms with Crippen molar-refractivity contribution in [1.82, 2.24) is 10.3 Å². The van der Waals surface area contributed by atoms with Crippen LogP contribution in [0, 0.1) is 11.6 Å². The van der Waals surface area contributed by atoms with Crippen LogP contribution >= 0.6 is 0 Å². The van der Waals surface area contributed by atoms with Crippen LogP contribution in [0.25, 0.3) is 0 Å². The Bertz CT molecular complexity index is 1400. The van der Waals surface area contributed by atoms with Gasteiger partial charge in [0.25, 0.3) is 0 Å². The van der Waals surface area contributed by atoms with Gasteiger partial charge in [-0.25, -0.2) is 22.2 Å². The summed E-state index contributed by atoms with van der Waals surface area (Å²) in [6.45, 7) is 0.944. The maximum atomic E-state index is 14.3. The zero-order valence-corrected chi connectivity index (χ0v) is 20.4. The van der Waals surface area contributed by atoms with Crippen molar-refractivity contribution < 1.29 is 39.9 Å². The van der Waals surface area contributed by atoms with Gasteiger partial charge in [-0.1, -0.05) is 18.2 Å². The summed E-state index contributed by atoms with van der Waals surface area (Å²) in [7, 11) is -3.71.